The summed E-state index contributed by atoms with van der Waals surface area (Å²) in [5.41, 5.74) is 4.29. The molecule has 1 heterocycles. The zero-order valence-electron chi connectivity index (χ0n) is 12.3. The standard InChI is InChI=1S/C15H18N2O4S/c1-22(19,20)13-7-10(6-11-4-2-3-5-12(11)13)9-21-15-8-14(18)16-17-15/h2-5,10,13H,6-9H2,1H3,(H,16,18)/t10-,13?/m1/s1. The normalized spacial score (nSPS) is 24.4. The van der Waals surface area contributed by atoms with Crippen molar-refractivity contribution in [3.8, 4) is 0 Å². The maximum Gasteiger partial charge on any atom is 0.249 e. The first-order chi connectivity index (χ1) is 10.4. The molecule has 1 unspecified atom stereocenters. The zero-order chi connectivity index (χ0) is 15.7. The third-order valence-corrected chi connectivity index (χ3v) is 5.56. The highest BCUT2D eigenvalue weighted by Gasteiger charge is 2.33. The van der Waals surface area contributed by atoms with Crippen molar-refractivity contribution in [1.29, 1.82) is 0 Å². The fraction of sp³-hybridized carbons (Fsp3) is 0.467. The number of fused-ring (bicyclic) bond motifs is 1. The lowest BCUT2D eigenvalue weighted by Gasteiger charge is -2.30. The van der Waals surface area contributed by atoms with Crippen molar-refractivity contribution in [3.05, 3.63) is 35.4 Å². The molecule has 1 aliphatic carbocycles. The predicted octanol–water partition coefficient (Wildman–Crippen LogP) is 1.18. The molecule has 0 spiro atoms. The topological polar surface area (TPSA) is 84.8 Å². The third kappa shape index (κ3) is 3.14. The summed E-state index contributed by atoms with van der Waals surface area (Å²) in [6, 6.07) is 7.66. The van der Waals surface area contributed by atoms with Gasteiger partial charge in [-0.05, 0) is 29.9 Å². The zero-order valence-corrected chi connectivity index (χ0v) is 13.1. The molecule has 0 fully saturated rings. The molecule has 0 aromatic heterocycles. The molecule has 1 N–H and O–H groups in total. The van der Waals surface area contributed by atoms with Crippen LogP contribution >= 0.6 is 0 Å². The number of sulfone groups is 1. The van der Waals surface area contributed by atoms with Gasteiger partial charge in [0, 0.05) is 6.26 Å². The van der Waals surface area contributed by atoms with Crippen molar-refractivity contribution in [3.63, 3.8) is 0 Å². The Morgan fingerprint density at radius 3 is 2.82 bits per heavy atom. The Labute approximate surface area is 129 Å². The van der Waals surface area contributed by atoms with Gasteiger partial charge in [-0.15, -0.1) is 5.10 Å². The van der Waals surface area contributed by atoms with Crippen molar-refractivity contribution in [2.45, 2.75) is 24.5 Å². The lowest BCUT2D eigenvalue weighted by molar-refractivity contribution is -0.119. The van der Waals surface area contributed by atoms with Crippen molar-refractivity contribution >= 4 is 21.6 Å². The van der Waals surface area contributed by atoms with Gasteiger partial charge in [-0.2, -0.15) is 0 Å². The first kappa shape index (κ1) is 15.0. The van der Waals surface area contributed by atoms with Crippen molar-refractivity contribution < 1.29 is 17.9 Å². The molecule has 1 amide bonds. The fourth-order valence-corrected chi connectivity index (χ4v) is 4.34. The second-order valence-corrected chi connectivity index (χ2v) is 8.08. The van der Waals surface area contributed by atoms with Gasteiger partial charge in [0.05, 0.1) is 11.9 Å². The molecule has 1 aromatic carbocycles. The van der Waals surface area contributed by atoms with Crippen LogP contribution in [0.1, 0.15) is 29.2 Å². The Kier molecular flexibility index (Phi) is 3.90. The summed E-state index contributed by atoms with van der Waals surface area (Å²) in [7, 11) is -3.17. The van der Waals surface area contributed by atoms with Crippen molar-refractivity contribution in [2.75, 3.05) is 12.9 Å². The van der Waals surface area contributed by atoms with Gasteiger partial charge in [0.15, 0.2) is 9.84 Å². The lowest BCUT2D eigenvalue weighted by Crippen LogP contribution is -2.27. The van der Waals surface area contributed by atoms with Crippen LogP contribution in [0.4, 0.5) is 0 Å². The van der Waals surface area contributed by atoms with Gasteiger partial charge in [0.1, 0.15) is 6.42 Å². The van der Waals surface area contributed by atoms with Crippen LogP contribution in [0, 0.1) is 5.92 Å². The highest BCUT2D eigenvalue weighted by Crippen LogP contribution is 2.38. The Morgan fingerprint density at radius 1 is 1.36 bits per heavy atom. The van der Waals surface area contributed by atoms with E-state index in [-0.39, 0.29) is 18.2 Å². The molecule has 2 atom stereocenters. The van der Waals surface area contributed by atoms with E-state index in [0.717, 1.165) is 17.5 Å². The van der Waals surface area contributed by atoms with Gasteiger partial charge in [0.25, 0.3) is 0 Å². The van der Waals surface area contributed by atoms with Crippen molar-refractivity contribution in [1.82, 2.24) is 5.43 Å². The number of carbonyl (C=O) groups excluding carboxylic acids is 1. The van der Waals surface area contributed by atoms with E-state index >= 15 is 0 Å². The number of hydrazone groups is 1. The van der Waals surface area contributed by atoms with Crippen LogP contribution in [-0.2, 0) is 25.8 Å². The van der Waals surface area contributed by atoms with Crippen LogP contribution in [0.3, 0.4) is 0 Å². The lowest BCUT2D eigenvalue weighted by atomic mass is 9.84. The van der Waals surface area contributed by atoms with Gasteiger partial charge >= 0.3 is 0 Å². The highest BCUT2D eigenvalue weighted by molar-refractivity contribution is 7.90. The summed E-state index contributed by atoms with van der Waals surface area (Å²) >= 11 is 0. The van der Waals surface area contributed by atoms with E-state index in [1.54, 1.807) is 0 Å². The summed E-state index contributed by atoms with van der Waals surface area (Å²) in [5, 5.41) is 3.30. The molecule has 6 nitrogen and oxygen atoms in total. The largest absolute Gasteiger partial charge is 0.479 e. The second kappa shape index (κ2) is 5.72. The highest BCUT2D eigenvalue weighted by atomic mass is 32.2. The SMILES string of the molecule is CS(=O)(=O)C1C[C@H](COC2=NNC(=O)C2)Cc2ccccc21. The van der Waals surface area contributed by atoms with Crippen LogP contribution in [0.25, 0.3) is 0 Å². The quantitative estimate of drug-likeness (QED) is 0.906. The molecule has 0 saturated carbocycles. The van der Waals surface area contributed by atoms with Crippen LogP contribution in [0.15, 0.2) is 29.4 Å². The minimum absolute atomic E-state index is 0.0908. The van der Waals surface area contributed by atoms with E-state index in [2.05, 4.69) is 10.5 Å². The summed E-state index contributed by atoms with van der Waals surface area (Å²) in [6.07, 6.45) is 2.74. The molecule has 1 aliphatic heterocycles. The smallest absolute Gasteiger partial charge is 0.249 e. The van der Waals surface area contributed by atoms with E-state index < -0.39 is 15.1 Å². The fourth-order valence-electron chi connectivity index (χ4n) is 3.03. The molecule has 7 heteroatoms. The van der Waals surface area contributed by atoms with Crippen LogP contribution in [0.2, 0.25) is 0 Å². The molecular formula is C15H18N2O4S. The summed E-state index contributed by atoms with van der Waals surface area (Å²) in [5.74, 6) is 0.283. The number of nitrogens with zero attached hydrogens (tertiary/aromatic N) is 1. The Balaban J connectivity index is 1.74. The van der Waals surface area contributed by atoms with E-state index in [1.165, 1.54) is 6.26 Å². The number of carbonyl (C=O) groups is 1. The van der Waals surface area contributed by atoms with E-state index in [1.807, 2.05) is 24.3 Å². The van der Waals surface area contributed by atoms with Gasteiger partial charge in [-0.1, -0.05) is 24.3 Å². The maximum absolute atomic E-state index is 12.1. The number of benzene rings is 1. The summed E-state index contributed by atoms with van der Waals surface area (Å²) < 4.78 is 29.7. The van der Waals surface area contributed by atoms with E-state index in [0.29, 0.717) is 18.9 Å². The number of nitrogens with one attached hydrogen (secondary N) is 1. The number of ether oxygens (including phenoxy) is 1. The monoisotopic (exact) mass is 322 g/mol. The first-order valence-electron chi connectivity index (χ1n) is 7.18. The minimum Gasteiger partial charge on any atom is -0.479 e. The molecule has 0 saturated heterocycles. The van der Waals surface area contributed by atoms with Gasteiger partial charge in [0.2, 0.25) is 11.8 Å². The Bertz CT molecular complexity index is 727. The molecular weight excluding hydrogens is 304 g/mol. The summed E-state index contributed by atoms with van der Waals surface area (Å²) in [6.45, 7) is 0.369. The first-order valence-corrected chi connectivity index (χ1v) is 9.14. The molecule has 2 aliphatic rings. The molecule has 118 valence electrons. The molecule has 1 aromatic rings. The molecule has 0 radical (unpaired) electrons. The van der Waals surface area contributed by atoms with Crippen LogP contribution in [-0.4, -0.2) is 33.1 Å². The number of hydrogen-bond acceptors (Lipinski definition) is 5. The van der Waals surface area contributed by atoms with Gasteiger partial charge < -0.3 is 4.74 Å². The number of rotatable bonds is 3. The van der Waals surface area contributed by atoms with Gasteiger partial charge in [-0.25, -0.2) is 13.8 Å². The van der Waals surface area contributed by atoms with Crippen molar-refractivity contribution in [2.24, 2.45) is 11.0 Å². The predicted molar refractivity (Wildman–Crippen MR) is 82.0 cm³/mol. The van der Waals surface area contributed by atoms with Crippen LogP contribution in [0.5, 0.6) is 0 Å². The Morgan fingerprint density at radius 2 is 2.14 bits per heavy atom. The average molecular weight is 322 g/mol. The third-order valence-electron chi connectivity index (χ3n) is 4.08. The number of amides is 1. The molecule has 0 bridgehead atoms. The minimum atomic E-state index is -3.17. The molecule has 22 heavy (non-hydrogen) atoms. The summed E-state index contributed by atoms with van der Waals surface area (Å²) in [4.78, 5) is 11.1. The average Bonchev–Trinajstić information content (AvgIpc) is 2.89. The van der Waals surface area contributed by atoms with Crippen LogP contribution < -0.4 is 5.43 Å². The Hall–Kier alpha value is -1.89. The second-order valence-electron chi connectivity index (χ2n) is 5.85. The van der Waals surface area contributed by atoms with Gasteiger partial charge in [-0.3, -0.25) is 4.79 Å². The number of hydrogen-bond donors (Lipinski definition) is 1. The van der Waals surface area contributed by atoms with E-state index in [4.69, 9.17) is 4.74 Å². The van der Waals surface area contributed by atoms with E-state index in [9.17, 15) is 13.2 Å². The molecule has 3 rings (SSSR count). The maximum atomic E-state index is 12.1.